The van der Waals surface area contributed by atoms with Crippen LogP contribution in [0.1, 0.15) is 12.8 Å². The molecular formula is C8H13NO5. The van der Waals surface area contributed by atoms with Crippen LogP contribution in [0.2, 0.25) is 0 Å². The SMILES string of the molecule is COC(=O)N1C[C@H](O)CC[C@H]1C(=O)O. The minimum absolute atomic E-state index is 0.0175. The second-order valence-electron chi connectivity index (χ2n) is 3.21. The number of carbonyl (C=O) groups excluding carboxylic acids is 1. The topological polar surface area (TPSA) is 87.1 Å². The van der Waals surface area contributed by atoms with Crippen LogP contribution in [-0.2, 0) is 9.53 Å². The first kappa shape index (κ1) is 10.8. The van der Waals surface area contributed by atoms with Crippen LogP contribution in [0.25, 0.3) is 0 Å². The Morgan fingerprint density at radius 1 is 1.43 bits per heavy atom. The molecule has 6 heteroatoms. The highest BCUT2D eigenvalue weighted by Crippen LogP contribution is 2.18. The summed E-state index contributed by atoms with van der Waals surface area (Å²) in [4.78, 5) is 23.0. The monoisotopic (exact) mass is 203 g/mol. The number of β-amino-alcohol motifs (C(OH)–C–C–N with tert-alkyl or cyclic N) is 1. The number of piperidine rings is 1. The Morgan fingerprint density at radius 3 is 2.57 bits per heavy atom. The van der Waals surface area contributed by atoms with Crippen LogP contribution in [0.4, 0.5) is 4.79 Å². The van der Waals surface area contributed by atoms with Crippen molar-refractivity contribution < 1.29 is 24.5 Å². The van der Waals surface area contributed by atoms with Gasteiger partial charge in [0.2, 0.25) is 0 Å². The van der Waals surface area contributed by atoms with Crippen molar-refractivity contribution in [2.45, 2.75) is 25.0 Å². The second kappa shape index (κ2) is 4.28. The minimum atomic E-state index is -1.07. The van der Waals surface area contributed by atoms with E-state index in [1.807, 2.05) is 0 Å². The second-order valence-corrected chi connectivity index (χ2v) is 3.21. The van der Waals surface area contributed by atoms with Crippen LogP contribution in [0.5, 0.6) is 0 Å². The van der Waals surface area contributed by atoms with Crippen LogP contribution in [0.15, 0.2) is 0 Å². The maximum absolute atomic E-state index is 11.2. The fraction of sp³-hybridized carbons (Fsp3) is 0.750. The van der Waals surface area contributed by atoms with Gasteiger partial charge in [0.25, 0.3) is 0 Å². The zero-order valence-electron chi connectivity index (χ0n) is 7.84. The number of hydrogen-bond donors (Lipinski definition) is 2. The largest absolute Gasteiger partial charge is 0.480 e. The van der Waals surface area contributed by atoms with Gasteiger partial charge in [0.15, 0.2) is 0 Å². The molecule has 14 heavy (non-hydrogen) atoms. The van der Waals surface area contributed by atoms with Gasteiger partial charge in [-0.05, 0) is 12.8 Å². The molecule has 0 saturated carbocycles. The molecule has 1 amide bonds. The maximum atomic E-state index is 11.2. The summed E-state index contributed by atoms with van der Waals surface area (Å²) in [5.41, 5.74) is 0. The van der Waals surface area contributed by atoms with Crippen LogP contribution >= 0.6 is 0 Å². The van der Waals surface area contributed by atoms with Crippen molar-refractivity contribution in [3.05, 3.63) is 0 Å². The Kier molecular flexibility index (Phi) is 3.29. The summed E-state index contributed by atoms with van der Waals surface area (Å²) in [5.74, 6) is -1.07. The summed E-state index contributed by atoms with van der Waals surface area (Å²) in [7, 11) is 1.18. The van der Waals surface area contributed by atoms with Gasteiger partial charge >= 0.3 is 12.1 Å². The molecule has 0 radical (unpaired) electrons. The zero-order chi connectivity index (χ0) is 10.7. The van der Waals surface area contributed by atoms with Gasteiger partial charge in [-0.2, -0.15) is 0 Å². The summed E-state index contributed by atoms with van der Waals surface area (Å²) in [6.07, 6.45) is -0.725. The number of hydrogen-bond acceptors (Lipinski definition) is 4. The van der Waals surface area contributed by atoms with Gasteiger partial charge in [-0.15, -0.1) is 0 Å². The van der Waals surface area contributed by atoms with Crippen LogP contribution in [0.3, 0.4) is 0 Å². The van der Waals surface area contributed by atoms with E-state index in [-0.39, 0.29) is 13.0 Å². The summed E-state index contributed by atoms with van der Waals surface area (Å²) >= 11 is 0. The van der Waals surface area contributed by atoms with E-state index in [0.717, 1.165) is 4.90 Å². The highest BCUT2D eigenvalue weighted by atomic mass is 16.5. The lowest BCUT2D eigenvalue weighted by atomic mass is 10.0. The molecule has 0 aromatic rings. The molecule has 6 nitrogen and oxygen atoms in total. The van der Waals surface area contributed by atoms with E-state index in [0.29, 0.717) is 6.42 Å². The van der Waals surface area contributed by atoms with E-state index in [4.69, 9.17) is 5.11 Å². The molecule has 0 unspecified atom stereocenters. The van der Waals surface area contributed by atoms with Gasteiger partial charge in [0.05, 0.1) is 19.8 Å². The number of carbonyl (C=O) groups is 2. The molecule has 1 rings (SSSR count). The fourth-order valence-corrected chi connectivity index (χ4v) is 1.53. The standard InChI is InChI=1S/C8H13NO5/c1-14-8(13)9-4-5(10)2-3-6(9)7(11)12/h5-6,10H,2-4H2,1H3,(H,11,12)/t5-,6+/m1/s1. The van der Waals surface area contributed by atoms with Crippen LogP contribution < -0.4 is 0 Å². The Hall–Kier alpha value is -1.30. The summed E-state index contributed by atoms with van der Waals surface area (Å²) < 4.78 is 4.43. The normalized spacial score (nSPS) is 27.1. The molecule has 0 bridgehead atoms. The molecule has 1 heterocycles. The number of aliphatic carboxylic acids is 1. The van der Waals surface area contributed by atoms with Gasteiger partial charge in [-0.25, -0.2) is 9.59 Å². The smallest absolute Gasteiger partial charge is 0.410 e. The molecule has 1 saturated heterocycles. The molecule has 0 aromatic heterocycles. The number of amides is 1. The summed E-state index contributed by atoms with van der Waals surface area (Å²) in [6.45, 7) is 0.0175. The third-order valence-electron chi connectivity index (χ3n) is 2.25. The molecule has 0 aromatic carbocycles. The molecule has 1 fully saturated rings. The first-order valence-corrected chi connectivity index (χ1v) is 4.31. The number of carboxylic acids is 1. The van der Waals surface area contributed by atoms with Crippen molar-refractivity contribution >= 4 is 12.1 Å². The molecule has 1 aliphatic heterocycles. The maximum Gasteiger partial charge on any atom is 0.410 e. The van der Waals surface area contributed by atoms with Crippen molar-refractivity contribution in [2.75, 3.05) is 13.7 Å². The molecular weight excluding hydrogens is 190 g/mol. The van der Waals surface area contributed by atoms with Gasteiger partial charge in [0.1, 0.15) is 6.04 Å². The van der Waals surface area contributed by atoms with Gasteiger partial charge < -0.3 is 14.9 Å². The highest BCUT2D eigenvalue weighted by molar-refractivity contribution is 5.80. The van der Waals surface area contributed by atoms with Gasteiger partial charge in [-0.1, -0.05) is 0 Å². The van der Waals surface area contributed by atoms with Crippen molar-refractivity contribution in [3.8, 4) is 0 Å². The number of carboxylic acid groups (broad SMARTS) is 1. The first-order chi connectivity index (χ1) is 6.56. The first-order valence-electron chi connectivity index (χ1n) is 4.31. The quantitative estimate of drug-likeness (QED) is 0.609. The number of methoxy groups -OCH3 is 1. The third-order valence-corrected chi connectivity index (χ3v) is 2.25. The number of aliphatic hydroxyl groups is 1. The van der Waals surface area contributed by atoms with E-state index in [1.165, 1.54) is 7.11 Å². The number of ether oxygens (including phenoxy) is 1. The van der Waals surface area contributed by atoms with E-state index >= 15 is 0 Å². The Balaban J connectivity index is 2.73. The predicted molar refractivity (Wildman–Crippen MR) is 45.8 cm³/mol. The fourth-order valence-electron chi connectivity index (χ4n) is 1.53. The number of likely N-dealkylation sites (tertiary alicyclic amines) is 1. The average molecular weight is 203 g/mol. The lowest BCUT2D eigenvalue weighted by molar-refractivity contribution is -0.145. The lowest BCUT2D eigenvalue weighted by Gasteiger charge is -2.34. The Labute approximate surface area is 81.1 Å². The molecule has 0 spiro atoms. The van der Waals surface area contributed by atoms with Crippen molar-refractivity contribution in [3.63, 3.8) is 0 Å². The average Bonchev–Trinajstić information content (AvgIpc) is 2.16. The molecule has 1 aliphatic rings. The van der Waals surface area contributed by atoms with Gasteiger partial charge in [0, 0.05) is 0 Å². The predicted octanol–water partition coefficient (Wildman–Crippen LogP) is -0.337. The van der Waals surface area contributed by atoms with E-state index in [9.17, 15) is 14.7 Å². The molecule has 2 N–H and O–H groups in total. The summed E-state index contributed by atoms with van der Waals surface area (Å²) in [6, 6.07) is -0.883. The van der Waals surface area contributed by atoms with Crippen molar-refractivity contribution in [2.24, 2.45) is 0 Å². The van der Waals surface area contributed by atoms with Crippen molar-refractivity contribution in [1.82, 2.24) is 4.90 Å². The number of nitrogens with zero attached hydrogens (tertiary/aromatic N) is 1. The van der Waals surface area contributed by atoms with E-state index in [1.54, 1.807) is 0 Å². The highest BCUT2D eigenvalue weighted by Gasteiger charge is 2.35. The van der Waals surface area contributed by atoms with Crippen LogP contribution in [0, 0.1) is 0 Å². The Bertz CT molecular complexity index is 242. The van der Waals surface area contributed by atoms with Crippen LogP contribution in [-0.4, -0.2) is 53.0 Å². The minimum Gasteiger partial charge on any atom is -0.480 e. The van der Waals surface area contributed by atoms with E-state index in [2.05, 4.69) is 4.74 Å². The molecule has 80 valence electrons. The summed E-state index contributed by atoms with van der Waals surface area (Å²) in [5, 5.41) is 18.1. The number of aliphatic hydroxyl groups excluding tert-OH is 1. The Morgan fingerprint density at radius 2 is 2.07 bits per heavy atom. The zero-order valence-corrected chi connectivity index (χ0v) is 7.84. The molecule has 2 atom stereocenters. The molecule has 0 aliphatic carbocycles. The number of rotatable bonds is 1. The van der Waals surface area contributed by atoms with E-state index < -0.39 is 24.2 Å². The van der Waals surface area contributed by atoms with Crippen molar-refractivity contribution in [1.29, 1.82) is 0 Å². The third kappa shape index (κ3) is 2.14. The lowest BCUT2D eigenvalue weighted by Crippen LogP contribution is -2.52. The van der Waals surface area contributed by atoms with Gasteiger partial charge in [-0.3, -0.25) is 4.90 Å².